The molecule has 1 aliphatic rings. The Balaban J connectivity index is 1.92. The molecule has 3 rings (SSSR count). The molecule has 0 radical (unpaired) electrons. The summed E-state index contributed by atoms with van der Waals surface area (Å²) in [6.07, 6.45) is 0.945. The third-order valence-electron chi connectivity index (χ3n) is 3.54. The molecule has 2 nitrogen and oxygen atoms in total. The smallest absolute Gasteiger partial charge is 0.137 e. The number of benzene rings is 2. The SMILES string of the molecule is OCc1ccccc1NC1CCSc2c(F)cccc21. The lowest BCUT2D eigenvalue weighted by molar-refractivity contribution is 0.282. The minimum Gasteiger partial charge on any atom is -0.392 e. The van der Waals surface area contributed by atoms with Crippen molar-refractivity contribution in [1.82, 2.24) is 0 Å². The zero-order valence-corrected chi connectivity index (χ0v) is 11.8. The molecule has 2 aromatic rings. The van der Waals surface area contributed by atoms with Gasteiger partial charge in [0.1, 0.15) is 5.82 Å². The lowest BCUT2D eigenvalue weighted by atomic mass is 10.0. The van der Waals surface area contributed by atoms with Crippen LogP contribution in [0, 0.1) is 5.82 Å². The van der Waals surface area contributed by atoms with Gasteiger partial charge in [0.15, 0.2) is 0 Å². The van der Waals surface area contributed by atoms with Gasteiger partial charge in [-0.25, -0.2) is 4.39 Å². The van der Waals surface area contributed by atoms with Crippen molar-refractivity contribution in [2.24, 2.45) is 0 Å². The standard InChI is InChI=1S/C16H16FNOS/c17-13-6-3-5-12-15(8-9-20-16(12)13)18-14-7-2-1-4-11(14)10-19/h1-7,15,18-19H,8-10H2. The van der Waals surface area contributed by atoms with Crippen molar-refractivity contribution in [3.8, 4) is 0 Å². The summed E-state index contributed by atoms with van der Waals surface area (Å²) in [4.78, 5) is 0.748. The predicted molar refractivity (Wildman–Crippen MR) is 80.5 cm³/mol. The number of aliphatic hydroxyl groups is 1. The van der Waals surface area contributed by atoms with E-state index in [2.05, 4.69) is 5.32 Å². The fourth-order valence-electron chi connectivity index (χ4n) is 2.52. The monoisotopic (exact) mass is 289 g/mol. The van der Waals surface area contributed by atoms with Crippen molar-refractivity contribution in [3.63, 3.8) is 0 Å². The molecule has 2 N–H and O–H groups in total. The summed E-state index contributed by atoms with van der Waals surface area (Å²) in [6, 6.07) is 13.0. The highest BCUT2D eigenvalue weighted by atomic mass is 32.2. The molecular formula is C16H16FNOS. The van der Waals surface area contributed by atoms with E-state index in [0.29, 0.717) is 0 Å². The van der Waals surface area contributed by atoms with Crippen LogP contribution >= 0.6 is 11.8 Å². The Morgan fingerprint density at radius 1 is 1.20 bits per heavy atom. The third kappa shape index (κ3) is 2.53. The summed E-state index contributed by atoms with van der Waals surface area (Å²) in [5.74, 6) is 0.752. The van der Waals surface area contributed by atoms with Crippen LogP contribution in [0.25, 0.3) is 0 Å². The van der Waals surface area contributed by atoms with E-state index in [4.69, 9.17) is 0 Å². The molecule has 1 atom stereocenters. The van der Waals surface area contributed by atoms with Crippen molar-refractivity contribution in [1.29, 1.82) is 0 Å². The van der Waals surface area contributed by atoms with Gasteiger partial charge in [0.25, 0.3) is 0 Å². The average molecular weight is 289 g/mol. The fourth-order valence-corrected chi connectivity index (χ4v) is 3.66. The van der Waals surface area contributed by atoms with Crippen LogP contribution in [0.2, 0.25) is 0 Å². The van der Waals surface area contributed by atoms with Crippen molar-refractivity contribution in [2.45, 2.75) is 24.0 Å². The number of anilines is 1. The number of halogens is 1. The Morgan fingerprint density at radius 3 is 2.90 bits per heavy atom. The van der Waals surface area contributed by atoms with Crippen LogP contribution in [0.5, 0.6) is 0 Å². The minimum absolute atomic E-state index is 0.000646. The maximum absolute atomic E-state index is 13.8. The zero-order valence-electron chi connectivity index (χ0n) is 11.0. The number of fused-ring (bicyclic) bond motifs is 1. The van der Waals surface area contributed by atoms with Gasteiger partial charge in [-0.1, -0.05) is 30.3 Å². The van der Waals surface area contributed by atoms with Gasteiger partial charge < -0.3 is 10.4 Å². The molecule has 0 fully saturated rings. The molecule has 2 aromatic carbocycles. The Kier molecular flexibility index (Phi) is 3.94. The molecule has 0 aliphatic carbocycles. The Morgan fingerprint density at radius 2 is 2.05 bits per heavy atom. The van der Waals surface area contributed by atoms with E-state index in [9.17, 15) is 9.50 Å². The minimum atomic E-state index is -0.144. The normalized spacial score (nSPS) is 17.6. The topological polar surface area (TPSA) is 32.3 Å². The molecule has 4 heteroatoms. The lowest BCUT2D eigenvalue weighted by Crippen LogP contribution is -2.17. The molecule has 0 aromatic heterocycles. The van der Waals surface area contributed by atoms with E-state index in [-0.39, 0.29) is 18.5 Å². The quantitative estimate of drug-likeness (QED) is 0.897. The Labute approximate surface area is 122 Å². The largest absolute Gasteiger partial charge is 0.392 e. The van der Waals surface area contributed by atoms with Gasteiger partial charge >= 0.3 is 0 Å². The number of thioether (sulfide) groups is 1. The van der Waals surface area contributed by atoms with E-state index < -0.39 is 0 Å². The van der Waals surface area contributed by atoms with E-state index in [1.54, 1.807) is 17.8 Å². The number of aliphatic hydroxyl groups excluding tert-OH is 1. The summed E-state index contributed by atoms with van der Waals surface area (Å²) in [5, 5.41) is 12.8. The van der Waals surface area contributed by atoms with Crippen molar-refractivity contribution < 1.29 is 9.50 Å². The first-order valence-electron chi connectivity index (χ1n) is 6.66. The molecule has 0 spiro atoms. The van der Waals surface area contributed by atoms with Crippen LogP contribution in [-0.2, 0) is 6.61 Å². The van der Waals surface area contributed by atoms with Gasteiger partial charge in [-0.05, 0) is 24.1 Å². The van der Waals surface area contributed by atoms with Gasteiger partial charge in [0.05, 0.1) is 12.6 Å². The molecule has 0 bridgehead atoms. The second-order valence-corrected chi connectivity index (χ2v) is 5.91. The maximum Gasteiger partial charge on any atom is 0.137 e. The Bertz CT molecular complexity index is 617. The van der Waals surface area contributed by atoms with Gasteiger partial charge in [0.2, 0.25) is 0 Å². The number of para-hydroxylation sites is 1. The molecule has 1 unspecified atom stereocenters. The first-order valence-corrected chi connectivity index (χ1v) is 7.64. The molecule has 1 heterocycles. The Hall–Kier alpha value is -1.52. The van der Waals surface area contributed by atoms with E-state index in [0.717, 1.165) is 33.9 Å². The predicted octanol–water partition coefficient (Wildman–Crippen LogP) is 3.97. The summed E-state index contributed by atoms with van der Waals surface area (Å²) in [5.41, 5.74) is 2.79. The highest BCUT2D eigenvalue weighted by Gasteiger charge is 2.23. The van der Waals surface area contributed by atoms with Crippen LogP contribution in [0.4, 0.5) is 10.1 Å². The van der Waals surface area contributed by atoms with Crippen molar-refractivity contribution >= 4 is 17.4 Å². The second-order valence-electron chi connectivity index (χ2n) is 4.81. The highest BCUT2D eigenvalue weighted by molar-refractivity contribution is 7.99. The first kappa shape index (κ1) is 13.5. The fraction of sp³-hybridized carbons (Fsp3) is 0.250. The van der Waals surface area contributed by atoms with Gasteiger partial charge in [-0.3, -0.25) is 0 Å². The number of rotatable bonds is 3. The van der Waals surface area contributed by atoms with Crippen LogP contribution < -0.4 is 5.32 Å². The summed E-state index contributed by atoms with van der Waals surface area (Å²) in [6.45, 7) is 0.000646. The molecular weight excluding hydrogens is 273 g/mol. The summed E-state index contributed by atoms with van der Waals surface area (Å²) < 4.78 is 13.8. The third-order valence-corrected chi connectivity index (χ3v) is 4.70. The maximum atomic E-state index is 13.8. The average Bonchev–Trinajstić information content (AvgIpc) is 2.49. The van der Waals surface area contributed by atoms with Gasteiger partial charge in [0, 0.05) is 21.9 Å². The number of hydrogen-bond donors (Lipinski definition) is 2. The van der Waals surface area contributed by atoms with Crippen LogP contribution in [0.1, 0.15) is 23.6 Å². The van der Waals surface area contributed by atoms with Gasteiger partial charge in [-0.2, -0.15) is 0 Å². The molecule has 1 aliphatic heterocycles. The second kappa shape index (κ2) is 5.85. The number of hydrogen-bond acceptors (Lipinski definition) is 3. The van der Waals surface area contributed by atoms with Crippen molar-refractivity contribution in [2.75, 3.05) is 11.1 Å². The van der Waals surface area contributed by atoms with Crippen molar-refractivity contribution in [3.05, 3.63) is 59.4 Å². The molecule has 0 saturated carbocycles. The van der Waals surface area contributed by atoms with E-state index >= 15 is 0 Å². The van der Waals surface area contributed by atoms with Crippen LogP contribution in [0.15, 0.2) is 47.4 Å². The highest BCUT2D eigenvalue weighted by Crippen LogP contribution is 2.39. The lowest BCUT2D eigenvalue weighted by Gasteiger charge is -2.27. The molecule has 20 heavy (non-hydrogen) atoms. The van der Waals surface area contributed by atoms with Crippen LogP contribution in [-0.4, -0.2) is 10.9 Å². The first-order chi connectivity index (χ1) is 9.79. The number of nitrogens with one attached hydrogen (secondary N) is 1. The van der Waals surface area contributed by atoms with E-state index in [1.165, 1.54) is 6.07 Å². The molecule has 0 saturated heterocycles. The van der Waals surface area contributed by atoms with E-state index in [1.807, 2.05) is 30.3 Å². The molecule has 0 amide bonds. The summed E-state index contributed by atoms with van der Waals surface area (Å²) in [7, 11) is 0. The molecule has 104 valence electrons. The summed E-state index contributed by atoms with van der Waals surface area (Å²) >= 11 is 1.58. The van der Waals surface area contributed by atoms with Gasteiger partial charge in [-0.15, -0.1) is 11.8 Å². The van der Waals surface area contributed by atoms with Crippen LogP contribution in [0.3, 0.4) is 0 Å². The zero-order chi connectivity index (χ0) is 13.9.